The van der Waals surface area contributed by atoms with Crippen molar-refractivity contribution >= 4 is 17.7 Å². The molecule has 1 amide bonds. The van der Waals surface area contributed by atoms with Crippen molar-refractivity contribution in [3.05, 3.63) is 65.7 Å². The summed E-state index contributed by atoms with van der Waals surface area (Å²) < 4.78 is 5.74. The van der Waals surface area contributed by atoms with E-state index >= 15 is 0 Å². The maximum Gasteiger partial charge on any atom is 0.255 e. The number of nitrogens with zero attached hydrogens (tertiary/aromatic N) is 1. The first-order valence-electron chi connectivity index (χ1n) is 8.34. The molecule has 2 aromatic carbocycles. The molecule has 1 aliphatic rings. The van der Waals surface area contributed by atoms with Crippen molar-refractivity contribution in [3.63, 3.8) is 0 Å². The van der Waals surface area contributed by atoms with Gasteiger partial charge in [-0.3, -0.25) is 4.79 Å². The Bertz CT molecular complexity index is 679. The topological polar surface area (TPSA) is 29.5 Å². The van der Waals surface area contributed by atoms with E-state index in [0.717, 1.165) is 16.2 Å². The van der Waals surface area contributed by atoms with Crippen molar-refractivity contribution < 1.29 is 9.53 Å². The van der Waals surface area contributed by atoms with Crippen LogP contribution in [0.1, 0.15) is 29.8 Å². The van der Waals surface area contributed by atoms with E-state index < -0.39 is 0 Å². The van der Waals surface area contributed by atoms with Gasteiger partial charge in [-0.2, -0.15) is 0 Å². The van der Waals surface area contributed by atoms with E-state index in [0.29, 0.717) is 13.1 Å². The molecule has 3 nitrogen and oxygen atoms in total. The number of carbonyl (C=O) groups is 1. The summed E-state index contributed by atoms with van der Waals surface area (Å²) in [6.45, 7) is 5.35. The number of thioether (sulfide) groups is 1. The van der Waals surface area contributed by atoms with E-state index in [2.05, 4.69) is 12.1 Å². The Morgan fingerprint density at radius 1 is 1.04 bits per heavy atom. The molecule has 0 bridgehead atoms. The van der Waals surface area contributed by atoms with Crippen LogP contribution >= 0.6 is 11.8 Å². The molecule has 0 aliphatic carbocycles. The Morgan fingerprint density at radius 3 is 2.38 bits per heavy atom. The fourth-order valence-electron chi connectivity index (χ4n) is 3.02. The van der Waals surface area contributed by atoms with Crippen LogP contribution < -0.4 is 0 Å². The number of hydrogen-bond acceptors (Lipinski definition) is 3. The third-order valence-corrected chi connectivity index (χ3v) is 5.21. The summed E-state index contributed by atoms with van der Waals surface area (Å²) >= 11 is 1.72. The van der Waals surface area contributed by atoms with Gasteiger partial charge in [-0.1, -0.05) is 42.5 Å². The molecule has 0 spiro atoms. The summed E-state index contributed by atoms with van der Waals surface area (Å²) in [7, 11) is 0. The summed E-state index contributed by atoms with van der Waals surface area (Å²) in [5.74, 6) is 0.967. The Hall–Kier alpha value is -1.78. The summed E-state index contributed by atoms with van der Waals surface area (Å²) in [4.78, 5) is 15.9. The average molecular weight is 341 g/mol. The Morgan fingerprint density at radius 2 is 1.67 bits per heavy atom. The van der Waals surface area contributed by atoms with Crippen molar-refractivity contribution in [1.29, 1.82) is 0 Å². The minimum atomic E-state index is 0.0850. The molecule has 2 unspecified atom stereocenters. The van der Waals surface area contributed by atoms with Crippen LogP contribution in [-0.2, 0) is 10.5 Å². The zero-order valence-electron chi connectivity index (χ0n) is 14.1. The average Bonchev–Trinajstić information content (AvgIpc) is 2.59. The van der Waals surface area contributed by atoms with Gasteiger partial charge in [-0.25, -0.2) is 0 Å². The van der Waals surface area contributed by atoms with Crippen molar-refractivity contribution in [2.75, 3.05) is 13.1 Å². The van der Waals surface area contributed by atoms with Crippen molar-refractivity contribution in [2.24, 2.45) is 0 Å². The molecule has 2 aromatic rings. The van der Waals surface area contributed by atoms with Gasteiger partial charge in [0, 0.05) is 23.7 Å². The summed E-state index contributed by atoms with van der Waals surface area (Å²) in [6.07, 6.45) is 0.170. The molecule has 126 valence electrons. The number of hydrogen-bond donors (Lipinski definition) is 0. The fourth-order valence-corrected chi connectivity index (χ4v) is 4.02. The molecule has 1 saturated heterocycles. The van der Waals surface area contributed by atoms with Crippen molar-refractivity contribution in [2.45, 2.75) is 36.7 Å². The van der Waals surface area contributed by atoms with Gasteiger partial charge >= 0.3 is 0 Å². The van der Waals surface area contributed by atoms with Crippen LogP contribution in [0.5, 0.6) is 0 Å². The second-order valence-corrected chi connectivity index (χ2v) is 7.26. The van der Waals surface area contributed by atoms with Gasteiger partial charge in [0.25, 0.3) is 5.91 Å². The van der Waals surface area contributed by atoms with Gasteiger partial charge in [0.1, 0.15) is 0 Å². The highest BCUT2D eigenvalue weighted by molar-refractivity contribution is 7.98. The van der Waals surface area contributed by atoms with Gasteiger partial charge in [0.15, 0.2) is 0 Å². The molecule has 0 aromatic heterocycles. The lowest BCUT2D eigenvalue weighted by Crippen LogP contribution is -2.48. The fraction of sp³-hybridized carbons (Fsp3) is 0.350. The zero-order chi connectivity index (χ0) is 16.9. The largest absolute Gasteiger partial charge is 0.372 e. The lowest BCUT2D eigenvalue weighted by Gasteiger charge is -2.35. The molecule has 24 heavy (non-hydrogen) atoms. The minimum absolute atomic E-state index is 0.0850. The van der Waals surface area contributed by atoms with Crippen molar-refractivity contribution in [1.82, 2.24) is 4.90 Å². The minimum Gasteiger partial charge on any atom is -0.372 e. The van der Waals surface area contributed by atoms with Crippen LogP contribution in [-0.4, -0.2) is 36.1 Å². The third kappa shape index (κ3) is 4.19. The Balaban J connectivity index is 1.74. The predicted octanol–water partition coefficient (Wildman–Crippen LogP) is 4.23. The number of amides is 1. The second-order valence-electron chi connectivity index (χ2n) is 6.24. The van der Waals surface area contributed by atoms with Crippen LogP contribution in [0.3, 0.4) is 0 Å². The summed E-state index contributed by atoms with van der Waals surface area (Å²) in [5.41, 5.74) is 2.05. The maximum absolute atomic E-state index is 13.0. The van der Waals surface area contributed by atoms with Gasteiger partial charge in [0.05, 0.1) is 17.8 Å². The van der Waals surface area contributed by atoms with Crippen LogP contribution in [0.25, 0.3) is 0 Å². The van der Waals surface area contributed by atoms with Gasteiger partial charge in [0.2, 0.25) is 0 Å². The third-order valence-electron chi connectivity index (χ3n) is 4.06. The SMILES string of the molecule is CC1CN(C(=O)c2ccccc2SCc2ccccc2)CC(C)O1. The molecule has 1 heterocycles. The first-order valence-corrected chi connectivity index (χ1v) is 9.32. The molecule has 3 rings (SSSR count). The molecular formula is C20H23NO2S. The normalized spacial score (nSPS) is 20.8. The van der Waals surface area contributed by atoms with Crippen LogP contribution in [0, 0.1) is 0 Å². The molecule has 0 radical (unpaired) electrons. The molecule has 4 heteroatoms. The standard InChI is InChI=1S/C20H23NO2S/c1-15-12-21(13-16(2)23-15)20(22)18-10-6-7-11-19(18)24-14-17-8-4-3-5-9-17/h3-11,15-16H,12-14H2,1-2H3. The molecule has 0 saturated carbocycles. The zero-order valence-corrected chi connectivity index (χ0v) is 15.0. The Kier molecular flexibility index (Phi) is 5.59. The summed E-state index contributed by atoms with van der Waals surface area (Å²) in [6, 6.07) is 18.2. The summed E-state index contributed by atoms with van der Waals surface area (Å²) in [5, 5.41) is 0. The van der Waals surface area contributed by atoms with Crippen LogP contribution in [0.4, 0.5) is 0 Å². The number of rotatable bonds is 4. The van der Waals surface area contributed by atoms with E-state index in [1.54, 1.807) is 11.8 Å². The molecule has 0 N–H and O–H groups in total. The lowest BCUT2D eigenvalue weighted by molar-refractivity contribution is -0.0586. The first-order chi connectivity index (χ1) is 11.6. The number of morpholine rings is 1. The smallest absolute Gasteiger partial charge is 0.255 e. The van der Waals surface area contributed by atoms with E-state index in [-0.39, 0.29) is 18.1 Å². The molecule has 1 aliphatic heterocycles. The van der Waals surface area contributed by atoms with E-state index in [4.69, 9.17) is 4.74 Å². The number of benzene rings is 2. The van der Waals surface area contributed by atoms with Gasteiger partial charge in [-0.15, -0.1) is 11.8 Å². The second kappa shape index (κ2) is 7.86. The van der Waals surface area contributed by atoms with Crippen molar-refractivity contribution in [3.8, 4) is 0 Å². The monoisotopic (exact) mass is 341 g/mol. The first kappa shape index (κ1) is 17.1. The molecule has 2 atom stereocenters. The number of ether oxygens (including phenoxy) is 1. The highest BCUT2D eigenvalue weighted by Crippen LogP contribution is 2.28. The van der Waals surface area contributed by atoms with E-state index in [9.17, 15) is 4.79 Å². The molecular weight excluding hydrogens is 318 g/mol. The van der Waals surface area contributed by atoms with E-state index in [1.807, 2.05) is 61.2 Å². The lowest BCUT2D eigenvalue weighted by atomic mass is 10.1. The van der Waals surface area contributed by atoms with Gasteiger partial charge < -0.3 is 9.64 Å². The van der Waals surface area contributed by atoms with Crippen LogP contribution in [0.15, 0.2) is 59.5 Å². The highest BCUT2D eigenvalue weighted by atomic mass is 32.2. The van der Waals surface area contributed by atoms with Gasteiger partial charge in [-0.05, 0) is 31.5 Å². The number of carbonyl (C=O) groups excluding carboxylic acids is 1. The highest BCUT2D eigenvalue weighted by Gasteiger charge is 2.27. The quantitative estimate of drug-likeness (QED) is 0.780. The predicted molar refractivity (Wildman–Crippen MR) is 98.4 cm³/mol. The Labute approximate surface area is 148 Å². The maximum atomic E-state index is 13.0. The van der Waals surface area contributed by atoms with Crippen LogP contribution in [0.2, 0.25) is 0 Å². The molecule has 1 fully saturated rings. The van der Waals surface area contributed by atoms with E-state index in [1.165, 1.54) is 5.56 Å².